The van der Waals surface area contributed by atoms with E-state index in [1.807, 2.05) is 36.4 Å². The van der Waals surface area contributed by atoms with Crippen LogP contribution in [-0.2, 0) is 0 Å². The Morgan fingerprint density at radius 3 is 1.39 bits per heavy atom. The van der Waals surface area contributed by atoms with Crippen molar-refractivity contribution in [1.29, 1.82) is 0 Å². The highest BCUT2D eigenvalue weighted by Crippen LogP contribution is 2.36. The molecule has 3 aliphatic rings. The molecule has 5 heterocycles. The molecule has 2 aromatic heterocycles. The van der Waals surface area contributed by atoms with Crippen molar-refractivity contribution >= 4 is 29.9 Å². The maximum absolute atomic E-state index is 6.39. The molecule has 0 fully saturated rings. The number of ether oxygens (including phenoxy) is 4. The van der Waals surface area contributed by atoms with Gasteiger partial charge in [-0.2, -0.15) is 0 Å². The number of hydrogen-bond acceptors (Lipinski definition) is 6. The molecule has 294 valence electrons. The van der Waals surface area contributed by atoms with E-state index in [9.17, 15) is 0 Å². The molecule has 0 saturated heterocycles. The fourth-order valence-corrected chi connectivity index (χ4v) is 7.45. The SMILES string of the molecule is CC(C)(C)[Si](C)(C)C#Cc1ccc2cc1OCCCCCCOc1ccc(cc1)-c1ccc3ccc4ccc(nc4c3n1)-c1ccc(cc1)OCCCCCCO2. The lowest BCUT2D eigenvalue weighted by atomic mass is 10.1. The summed E-state index contributed by atoms with van der Waals surface area (Å²) in [4.78, 5) is 10.3. The van der Waals surface area contributed by atoms with Gasteiger partial charge in [-0.15, -0.1) is 5.54 Å². The summed E-state index contributed by atoms with van der Waals surface area (Å²) in [5.41, 5.74) is 10.3. The molecule has 6 aromatic rings. The van der Waals surface area contributed by atoms with E-state index in [0.29, 0.717) is 26.4 Å². The van der Waals surface area contributed by atoms with Gasteiger partial charge in [-0.25, -0.2) is 9.97 Å². The van der Waals surface area contributed by atoms with Crippen LogP contribution < -0.4 is 18.9 Å². The van der Waals surface area contributed by atoms with Gasteiger partial charge >= 0.3 is 0 Å². The molecule has 0 aliphatic carbocycles. The van der Waals surface area contributed by atoms with Crippen molar-refractivity contribution in [1.82, 2.24) is 9.97 Å². The highest BCUT2D eigenvalue weighted by molar-refractivity contribution is 6.87. The van der Waals surface area contributed by atoms with Crippen molar-refractivity contribution in [3.05, 3.63) is 109 Å². The maximum atomic E-state index is 6.39. The van der Waals surface area contributed by atoms with Gasteiger partial charge in [0.2, 0.25) is 0 Å². The van der Waals surface area contributed by atoms with E-state index in [0.717, 1.165) is 124 Å². The smallest absolute Gasteiger partial charge is 0.138 e. The second kappa shape index (κ2) is 18.3. The molecule has 6 nitrogen and oxygen atoms in total. The monoisotopic (exact) mass is 776 g/mol. The Labute approximate surface area is 340 Å². The lowest BCUT2D eigenvalue weighted by Crippen LogP contribution is -2.35. The van der Waals surface area contributed by atoms with Gasteiger partial charge in [-0.1, -0.05) is 64.1 Å². The van der Waals surface area contributed by atoms with Gasteiger partial charge in [0.15, 0.2) is 0 Å². The molecule has 0 amide bonds. The Kier molecular flexibility index (Phi) is 12.8. The number of fused-ring (bicyclic) bond motifs is 2. The number of nitrogens with zero attached hydrogens (tertiary/aromatic N) is 2. The van der Waals surface area contributed by atoms with Crippen molar-refractivity contribution in [3.63, 3.8) is 0 Å². The van der Waals surface area contributed by atoms with E-state index in [1.54, 1.807) is 0 Å². The Morgan fingerprint density at radius 1 is 0.491 bits per heavy atom. The quantitative estimate of drug-likeness (QED) is 0.0870. The zero-order valence-electron chi connectivity index (χ0n) is 34.3. The molecule has 3 aliphatic heterocycles. The first-order chi connectivity index (χ1) is 27.6. The second-order valence-electron chi connectivity index (χ2n) is 16.7. The van der Waals surface area contributed by atoms with Crippen molar-refractivity contribution in [2.75, 3.05) is 26.4 Å². The minimum absolute atomic E-state index is 0.189. The number of pyridine rings is 2. The van der Waals surface area contributed by atoms with Crippen LogP contribution in [-0.4, -0.2) is 44.5 Å². The van der Waals surface area contributed by atoms with Crippen molar-refractivity contribution in [2.45, 2.75) is 90.3 Å². The van der Waals surface area contributed by atoms with E-state index in [-0.39, 0.29) is 5.04 Å². The third-order valence-corrected chi connectivity index (χ3v) is 15.8. The average molecular weight is 777 g/mol. The Balaban J connectivity index is 1.06. The van der Waals surface area contributed by atoms with Gasteiger partial charge in [0.25, 0.3) is 0 Å². The fourth-order valence-electron chi connectivity index (χ4n) is 6.63. The lowest BCUT2D eigenvalue weighted by molar-refractivity contribution is 0.279. The molecule has 4 aromatic carbocycles. The molecule has 9 rings (SSSR count). The molecular formula is C50H56N2O4Si. The average Bonchev–Trinajstić information content (AvgIpc) is 3.21. The van der Waals surface area contributed by atoms with Crippen LogP contribution in [0.25, 0.3) is 44.3 Å². The van der Waals surface area contributed by atoms with Crippen LogP contribution in [0.1, 0.15) is 77.7 Å². The van der Waals surface area contributed by atoms with Gasteiger partial charge in [0.05, 0.1) is 54.4 Å². The summed E-state index contributed by atoms with van der Waals surface area (Å²) in [6, 6.07) is 35.3. The minimum Gasteiger partial charge on any atom is -0.494 e. The third-order valence-electron chi connectivity index (χ3n) is 11.3. The molecule has 0 N–H and O–H groups in total. The van der Waals surface area contributed by atoms with Crippen molar-refractivity contribution < 1.29 is 18.9 Å². The molecule has 0 saturated carbocycles. The summed E-state index contributed by atoms with van der Waals surface area (Å²) < 4.78 is 24.8. The standard InChI is InChI=1S/C50H56N2O4Si/c1-50(2,3)57(4,5)35-30-39-20-27-44-36-47(39)56-34-13-9-8-11-32-54-43-25-18-38(19-26-43)46-29-22-41-15-14-40-21-28-45(51-48(40)49(41)52-46)37-16-23-42(24-17-37)53-31-10-6-7-12-33-55-44/h14-29,36H,6-13,31-34H2,1-5H3. The van der Waals surface area contributed by atoms with Gasteiger partial charge in [0.1, 0.15) is 31.1 Å². The van der Waals surface area contributed by atoms with Crippen LogP contribution in [0, 0.1) is 11.5 Å². The first-order valence-corrected chi connectivity index (χ1v) is 23.7. The maximum Gasteiger partial charge on any atom is 0.138 e. The van der Waals surface area contributed by atoms with Gasteiger partial charge in [-0.3, -0.25) is 0 Å². The highest BCUT2D eigenvalue weighted by atomic mass is 28.3. The van der Waals surface area contributed by atoms with E-state index >= 15 is 0 Å². The van der Waals surface area contributed by atoms with E-state index in [4.69, 9.17) is 28.9 Å². The minimum atomic E-state index is -1.78. The van der Waals surface area contributed by atoms with Gasteiger partial charge in [-0.05, 0) is 129 Å². The zero-order chi connectivity index (χ0) is 39.7. The molecule has 0 spiro atoms. The topological polar surface area (TPSA) is 62.7 Å². The predicted molar refractivity (Wildman–Crippen MR) is 237 cm³/mol. The van der Waals surface area contributed by atoms with Crippen LogP contribution in [0.3, 0.4) is 0 Å². The Hall–Kier alpha value is -5.32. The summed E-state index contributed by atoms with van der Waals surface area (Å²) in [5, 5.41) is 2.32. The summed E-state index contributed by atoms with van der Waals surface area (Å²) in [6.07, 6.45) is 8.24. The Morgan fingerprint density at radius 2 is 0.912 bits per heavy atom. The van der Waals surface area contributed by atoms with Crippen molar-refractivity contribution in [2.24, 2.45) is 0 Å². The number of benzene rings is 4. The van der Waals surface area contributed by atoms with E-state index in [1.165, 1.54) is 0 Å². The lowest BCUT2D eigenvalue weighted by Gasteiger charge is -2.31. The van der Waals surface area contributed by atoms with Crippen LogP contribution in [0.2, 0.25) is 18.1 Å². The molecule has 10 bridgehead atoms. The zero-order valence-corrected chi connectivity index (χ0v) is 35.3. The number of hydrogen-bond donors (Lipinski definition) is 0. The normalized spacial score (nSPS) is 15.0. The van der Waals surface area contributed by atoms with Crippen LogP contribution >= 0.6 is 0 Å². The molecule has 0 unspecified atom stereocenters. The first-order valence-electron chi connectivity index (χ1n) is 20.7. The Bertz CT molecular complexity index is 2340. The fraction of sp³-hybridized carbons (Fsp3) is 0.360. The first kappa shape index (κ1) is 39.9. The summed E-state index contributed by atoms with van der Waals surface area (Å²) in [7, 11) is -1.78. The molecule has 7 heteroatoms. The molecular weight excluding hydrogens is 721 g/mol. The van der Waals surface area contributed by atoms with Gasteiger partial charge < -0.3 is 18.9 Å². The number of aromatic nitrogens is 2. The van der Waals surface area contributed by atoms with Crippen LogP contribution in [0.15, 0.2) is 103 Å². The van der Waals surface area contributed by atoms with Crippen LogP contribution in [0.4, 0.5) is 0 Å². The molecule has 0 radical (unpaired) electrons. The highest BCUT2D eigenvalue weighted by Gasteiger charge is 2.33. The van der Waals surface area contributed by atoms with Gasteiger partial charge in [0, 0.05) is 28.0 Å². The van der Waals surface area contributed by atoms with Crippen LogP contribution in [0.5, 0.6) is 23.0 Å². The van der Waals surface area contributed by atoms with Crippen molar-refractivity contribution in [3.8, 4) is 57.0 Å². The predicted octanol–water partition coefficient (Wildman–Crippen LogP) is 12.9. The summed E-state index contributed by atoms with van der Waals surface area (Å²) in [5.74, 6) is 6.89. The molecule has 0 atom stereocenters. The van der Waals surface area contributed by atoms with E-state index in [2.05, 4.69) is 112 Å². The molecule has 57 heavy (non-hydrogen) atoms. The third kappa shape index (κ3) is 10.4. The largest absolute Gasteiger partial charge is 0.494 e. The number of rotatable bonds is 0. The van der Waals surface area contributed by atoms with E-state index < -0.39 is 8.07 Å². The second-order valence-corrected chi connectivity index (χ2v) is 21.7. The summed E-state index contributed by atoms with van der Waals surface area (Å²) >= 11 is 0. The summed E-state index contributed by atoms with van der Waals surface area (Å²) in [6.45, 7) is 14.2.